The molecule has 0 spiro atoms. The van der Waals surface area contributed by atoms with E-state index >= 15 is 0 Å². The van der Waals surface area contributed by atoms with Gasteiger partial charge in [-0.2, -0.15) is 5.10 Å². The molecule has 8 heteroatoms. The lowest BCUT2D eigenvalue weighted by molar-refractivity contribution is -0.384. The molecule has 0 saturated carbocycles. The molecular weight excluding hydrogens is 380 g/mol. The van der Waals surface area contributed by atoms with Crippen molar-refractivity contribution in [2.45, 2.75) is 19.8 Å². The van der Waals surface area contributed by atoms with Gasteiger partial charge >= 0.3 is 0 Å². The van der Waals surface area contributed by atoms with Crippen LogP contribution in [0.1, 0.15) is 28.5 Å². The number of nitro groups is 1. The van der Waals surface area contributed by atoms with Crippen LogP contribution in [0.4, 0.5) is 11.4 Å². The number of nitrogens with zero attached hydrogens (tertiary/aromatic N) is 4. The molecule has 0 radical (unpaired) electrons. The summed E-state index contributed by atoms with van der Waals surface area (Å²) in [5.41, 5.74) is 3.54. The summed E-state index contributed by atoms with van der Waals surface area (Å²) >= 11 is 6.09. The van der Waals surface area contributed by atoms with Gasteiger partial charge in [0.05, 0.1) is 33.8 Å². The van der Waals surface area contributed by atoms with E-state index in [-0.39, 0.29) is 11.6 Å². The number of non-ortho nitro benzene ring substituents is 1. The highest BCUT2D eigenvalue weighted by Crippen LogP contribution is 2.33. The van der Waals surface area contributed by atoms with Gasteiger partial charge in [-0.1, -0.05) is 30.7 Å². The molecule has 1 aliphatic rings. The number of fused-ring (bicyclic) bond motifs is 1. The first-order chi connectivity index (χ1) is 13.5. The quantitative estimate of drug-likeness (QED) is 0.489. The fraction of sp³-hybridized carbons (Fsp3) is 0.200. The van der Waals surface area contributed by atoms with E-state index in [1.807, 2.05) is 19.1 Å². The van der Waals surface area contributed by atoms with E-state index in [1.54, 1.807) is 34.0 Å². The minimum Gasteiger partial charge on any atom is -0.307 e. The van der Waals surface area contributed by atoms with Gasteiger partial charge in [0.2, 0.25) is 0 Å². The van der Waals surface area contributed by atoms with E-state index in [4.69, 9.17) is 11.6 Å². The van der Waals surface area contributed by atoms with Crippen LogP contribution in [0.2, 0.25) is 5.02 Å². The van der Waals surface area contributed by atoms with Crippen molar-refractivity contribution in [2.75, 3.05) is 11.4 Å². The Hall–Kier alpha value is -3.19. The second-order valence-corrected chi connectivity index (χ2v) is 6.96. The Labute approximate surface area is 166 Å². The van der Waals surface area contributed by atoms with Crippen LogP contribution >= 0.6 is 11.6 Å². The van der Waals surface area contributed by atoms with Crippen LogP contribution in [0.25, 0.3) is 5.69 Å². The summed E-state index contributed by atoms with van der Waals surface area (Å²) in [6, 6.07) is 11.9. The number of anilines is 1. The molecule has 0 unspecified atom stereocenters. The SMILES string of the molecule is CCc1c(C(=O)N2CCc3ccc([N+](=O)[O-])cc32)cnn1-c1cccc(Cl)c1. The summed E-state index contributed by atoms with van der Waals surface area (Å²) in [6.07, 6.45) is 2.82. The minimum absolute atomic E-state index is 0.0243. The predicted octanol–water partition coefficient (Wildman–Crippen LogP) is 4.20. The molecule has 2 aromatic carbocycles. The molecule has 0 saturated heterocycles. The van der Waals surface area contributed by atoms with Crippen molar-refractivity contribution in [1.29, 1.82) is 0 Å². The monoisotopic (exact) mass is 396 g/mol. The van der Waals surface area contributed by atoms with Crippen LogP contribution < -0.4 is 4.90 Å². The van der Waals surface area contributed by atoms with Gasteiger partial charge in [-0.3, -0.25) is 14.9 Å². The minimum atomic E-state index is -0.449. The van der Waals surface area contributed by atoms with Crippen molar-refractivity contribution in [1.82, 2.24) is 9.78 Å². The molecule has 142 valence electrons. The van der Waals surface area contributed by atoms with E-state index in [9.17, 15) is 14.9 Å². The Balaban J connectivity index is 1.73. The number of halogens is 1. The Morgan fingerprint density at radius 3 is 2.82 bits per heavy atom. The smallest absolute Gasteiger partial charge is 0.271 e. The summed E-state index contributed by atoms with van der Waals surface area (Å²) in [7, 11) is 0. The molecule has 1 amide bonds. The number of hydrogen-bond acceptors (Lipinski definition) is 4. The van der Waals surface area contributed by atoms with Gasteiger partial charge in [-0.05, 0) is 36.6 Å². The first-order valence-corrected chi connectivity index (χ1v) is 9.29. The number of amides is 1. The number of nitro benzene ring substituents is 1. The lowest BCUT2D eigenvalue weighted by Crippen LogP contribution is -2.29. The van der Waals surface area contributed by atoms with Gasteiger partial charge in [-0.25, -0.2) is 4.68 Å². The number of benzene rings is 2. The molecule has 2 heterocycles. The molecule has 1 aromatic heterocycles. The molecule has 0 N–H and O–H groups in total. The van der Waals surface area contributed by atoms with Gasteiger partial charge in [0.25, 0.3) is 11.6 Å². The third-order valence-electron chi connectivity index (χ3n) is 4.91. The summed E-state index contributed by atoms with van der Waals surface area (Å²) in [5.74, 6) is -0.204. The number of carbonyl (C=O) groups excluding carboxylic acids is 1. The van der Waals surface area contributed by atoms with Crippen LogP contribution in [0.3, 0.4) is 0 Å². The van der Waals surface area contributed by atoms with Crippen LogP contribution in [0, 0.1) is 10.1 Å². The third-order valence-corrected chi connectivity index (χ3v) is 5.14. The van der Waals surface area contributed by atoms with E-state index in [0.29, 0.717) is 35.7 Å². The average Bonchev–Trinajstić information content (AvgIpc) is 3.31. The van der Waals surface area contributed by atoms with Gasteiger partial charge in [0, 0.05) is 23.7 Å². The van der Waals surface area contributed by atoms with Gasteiger partial charge in [-0.15, -0.1) is 0 Å². The first kappa shape index (κ1) is 18.2. The summed E-state index contributed by atoms with van der Waals surface area (Å²) < 4.78 is 1.71. The molecule has 4 rings (SSSR count). The van der Waals surface area contributed by atoms with Crippen molar-refractivity contribution < 1.29 is 9.72 Å². The number of hydrogen-bond donors (Lipinski definition) is 0. The molecule has 7 nitrogen and oxygen atoms in total. The first-order valence-electron chi connectivity index (χ1n) is 8.91. The van der Waals surface area contributed by atoms with E-state index < -0.39 is 4.92 Å². The van der Waals surface area contributed by atoms with Crippen molar-refractivity contribution >= 4 is 28.9 Å². The molecule has 28 heavy (non-hydrogen) atoms. The Kier molecular flexibility index (Phi) is 4.60. The van der Waals surface area contributed by atoms with Crippen molar-refractivity contribution in [3.05, 3.63) is 80.6 Å². The maximum absolute atomic E-state index is 13.3. The Morgan fingerprint density at radius 1 is 1.29 bits per heavy atom. The lowest BCUT2D eigenvalue weighted by Gasteiger charge is -2.17. The fourth-order valence-corrected chi connectivity index (χ4v) is 3.75. The average molecular weight is 397 g/mol. The zero-order chi connectivity index (χ0) is 19.8. The van der Waals surface area contributed by atoms with Crippen molar-refractivity contribution in [3.8, 4) is 5.69 Å². The molecule has 1 aliphatic heterocycles. The number of aromatic nitrogens is 2. The zero-order valence-electron chi connectivity index (χ0n) is 15.1. The van der Waals surface area contributed by atoms with E-state index in [0.717, 1.165) is 16.9 Å². The molecule has 3 aromatic rings. The zero-order valence-corrected chi connectivity index (χ0v) is 15.9. The maximum atomic E-state index is 13.3. The largest absolute Gasteiger partial charge is 0.307 e. The van der Waals surface area contributed by atoms with Gasteiger partial charge in [0.15, 0.2) is 0 Å². The normalized spacial score (nSPS) is 12.9. The maximum Gasteiger partial charge on any atom is 0.271 e. The summed E-state index contributed by atoms with van der Waals surface area (Å²) in [4.78, 5) is 25.5. The van der Waals surface area contributed by atoms with Crippen molar-refractivity contribution in [3.63, 3.8) is 0 Å². The molecule has 0 fully saturated rings. The highest BCUT2D eigenvalue weighted by molar-refractivity contribution is 6.30. The highest BCUT2D eigenvalue weighted by atomic mass is 35.5. The third kappa shape index (κ3) is 3.03. The fourth-order valence-electron chi connectivity index (χ4n) is 3.56. The van der Waals surface area contributed by atoms with Crippen molar-refractivity contribution in [2.24, 2.45) is 0 Å². The Morgan fingerprint density at radius 2 is 2.11 bits per heavy atom. The molecular formula is C20H17ClN4O3. The van der Waals surface area contributed by atoms with Crippen LogP contribution in [-0.2, 0) is 12.8 Å². The van der Waals surface area contributed by atoms with Crippen LogP contribution in [0.15, 0.2) is 48.7 Å². The molecule has 0 aliphatic carbocycles. The summed E-state index contributed by atoms with van der Waals surface area (Å²) in [6.45, 7) is 2.44. The number of carbonyl (C=O) groups is 1. The summed E-state index contributed by atoms with van der Waals surface area (Å²) in [5, 5.41) is 16.1. The second kappa shape index (κ2) is 7.09. The number of rotatable bonds is 4. The van der Waals surface area contributed by atoms with Crippen LogP contribution in [-0.4, -0.2) is 27.2 Å². The second-order valence-electron chi connectivity index (χ2n) is 6.53. The topological polar surface area (TPSA) is 81.3 Å². The van der Waals surface area contributed by atoms with Gasteiger partial charge < -0.3 is 4.90 Å². The van der Waals surface area contributed by atoms with Gasteiger partial charge in [0.1, 0.15) is 0 Å². The van der Waals surface area contributed by atoms with E-state index in [1.165, 1.54) is 12.1 Å². The Bertz CT molecular complexity index is 1090. The van der Waals surface area contributed by atoms with E-state index in [2.05, 4.69) is 5.10 Å². The highest BCUT2D eigenvalue weighted by Gasteiger charge is 2.30. The molecule has 0 atom stereocenters. The predicted molar refractivity (Wildman–Crippen MR) is 106 cm³/mol. The standard InChI is InChI=1S/C20H17ClN4O3/c1-2-18-17(12-22-24(18)15-5-3-4-14(21)10-15)20(26)23-9-8-13-6-7-16(25(27)28)11-19(13)23/h3-7,10-12H,2,8-9H2,1H3. The van der Waals surface area contributed by atoms with Crippen LogP contribution in [0.5, 0.6) is 0 Å². The molecule has 0 bridgehead atoms. The lowest BCUT2D eigenvalue weighted by atomic mass is 10.1.